The molecule has 1 aliphatic rings. The third-order valence-electron chi connectivity index (χ3n) is 4.28. The van der Waals surface area contributed by atoms with Gasteiger partial charge < -0.3 is 19.5 Å². The Morgan fingerprint density at radius 1 is 1.43 bits per heavy atom. The highest BCUT2D eigenvalue weighted by molar-refractivity contribution is 7.07. The summed E-state index contributed by atoms with van der Waals surface area (Å²) in [5.41, 5.74) is 0.339. The van der Waals surface area contributed by atoms with Gasteiger partial charge in [-0.2, -0.15) is 5.26 Å². The summed E-state index contributed by atoms with van der Waals surface area (Å²) in [7, 11) is 1.58. The number of aromatic nitrogens is 1. The van der Waals surface area contributed by atoms with Crippen LogP contribution in [0.3, 0.4) is 0 Å². The summed E-state index contributed by atoms with van der Waals surface area (Å²) in [5, 5.41) is 12.3. The highest BCUT2D eigenvalue weighted by Gasteiger charge is 2.16. The maximum atomic E-state index is 12.9. The lowest BCUT2D eigenvalue weighted by Crippen LogP contribution is -2.35. The maximum absolute atomic E-state index is 12.9. The second-order valence-corrected chi connectivity index (χ2v) is 7.35. The molecule has 0 fully saturated rings. The molecule has 0 unspecified atom stereocenters. The Balaban J connectivity index is 2.05. The van der Waals surface area contributed by atoms with E-state index in [-0.39, 0.29) is 24.5 Å². The average Bonchev–Trinajstić information content (AvgIpc) is 3.32. The summed E-state index contributed by atoms with van der Waals surface area (Å²) < 4.78 is 17.7. The lowest BCUT2D eigenvalue weighted by atomic mass is 10.2. The van der Waals surface area contributed by atoms with Crippen LogP contribution >= 0.6 is 11.3 Å². The van der Waals surface area contributed by atoms with Crippen molar-refractivity contribution in [3.63, 3.8) is 0 Å². The summed E-state index contributed by atoms with van der Waals surface area (Å²) in [5.74, 6) is 0.724. The Hall–Kier alpha value is -3.35. The molecule has 0 spiro atoms. The highest BCUT2D eigenvalue weighted by atomic mass is 32.1. The van der Waals surface area contributed by atoms with Crippen molar-refractivity contribution in [3.8, 4) is 17.6 Å². The number of carbonyl (C=O) groups excluding carboxylic acids is 1. The zero-order valence-corrected chi connectivity index (χ0v) is 17.3. The van der Waals surface area contributed by atoms with E-state index in [0.29, 0.717) is 40.3 Å². The molecule has 1 aromatic carbocycles. The second-order valence-electron chi connectivity index (χ2n) is 6.32. The number of nitriles is 1. The fraction of sp³-hybridized carbons (Fsp3) is 0.286. The number of nitrogens with one attached hydrogen (secondary N) is 1. The normalized spacial score (nSPS) is 13.7. The first-order valence-electron chi connectivity index (χ1n) is 9.22. The monoisotopic (exact) mass is 427 g/mol. The molecule has 30 heavy (non-hydrogen) atoms. The van der Waals surface area contributed by atoms with E-state index in [1.165, 1.54) is 4.57 Å². The van der Waals surface area contributed by atoms with Crippen molar-refractivity contribution in [2.24, 2.45) is 0 Å². The van der Waals surface area contributed by atoms with E-state index in [1.807, 2.05) is 12.1 Å². The van der Waals surface area contributed by atoms with Crippen molar-refractivity contribution in [1.29, 1.82) is 5.26 Å². The van der Waals surface area contributed by atoms with Crippen LogP contribution in [0.4, 0.5) is 0 Å². The van der Waals surface area contributed by atoms with Crippen LogP contribution in [-0.4, -0.2) is 37.5 Å². The molecule has 8 nitrogen and oxygen atoms in total. The number of rotatable bonds is 8. The van der Waals surface area contributed by atoms with E-state index in [9.17, 15) is 14.9 Å². The number of carbonyl (C=O) groups is 1. The minimum Gasteiger partial charge on any atom is -0.454 e. The van der Waals surface area contributed by atoms with Gasteiger partial charge >= 0.3 is 0 Å². The number of allylic oxidation sites excluding steroid dienone is 1. The lowest BCUT2D eigenvalue weighted by Gasteiger charge is -2.04. The van der Waals surface area contributed by atoms with Crippen LogP contribution in [0.25, 0.3) is 11.6 Å². The molecule has 0 radical (unpaired) electrons. The van der Waals surface area contributed by atoms with Gasteiger partial charge in [0, 0.05) is 26.8 Å². The van der Waals surface area contributed by atoms with E-state index in [4.69, 9.17) is 14.2 Å². The van der Waals surface area contributed by atoms with E-state index >= 15 is 0 Å². The van der Waals surface area contributed by atoms with E-state index in [0.717, 1.165) is 16.9 Å². The largest absolute Gasteiger partial charge is 0.454 e. The predicted molar refractivity (Wildman–Crippen MR) is 113 cm³/mol. The van der Waals surface area contributed by atoms with Gasteiger partial charge in [-0.05, 0) is 30.2 Å². The van der Waals surface area contributed by atoms with Crippen molar-refractivity contribution in [3.05, 3.63) is 56.0 Å². The number of amides is 1. The molecule has 0 bridgehead atoms. The molecule has 2 heterocycles. The molecule has 1 aliphatic heterocycles. The van der Waals surface area contributed by atoms with Crippen LogP contribution in [0.5, 0.6) is 11.5 Å². The quantitative estimate of drug-likeness (QED) is 0.486. The predicted octanol–water partition coefficient (Wildman–Crippen LogP) is 0.480. The van der Waals surface area contributed by atoms with E-state index in [1.54, 1.807) is 31.4 Å². The van der Waals surface area contributed by atoms with Gasteiger partial charge in [0.25, 0.3) is 11.5 Å². The topological polar surface area (TPSA) is 103 Å². The number of hydrogen-bond acceptors (Lipinski definition) is 7. The Morgan fingerprint density at radius 3 is 2.97 bits per heavy atom. The molecule has 9 heteroatoms. The van der Waals surface area contributed by atoms with Gasteiger partial charge in [-0.3, -0.25) is 14.2 Å². The molecule has 1 amide bonds. The zero-order chi connectivity index (χ0) is 21.5. The van der Waals surface area contributed by atoms with Crippen LogP contribution in [0.15, 0.2) is 35.6 Å². The Bertz CT molecular complexity index is 1170. The first-order valence-corrected chi connectivity index (χ1v) is 10.0. The number of thiazole rings is 1. The van der Waals surface area contributed by atoms with Gasteiger partial charge in [0.05, 0.1) is 4.53 Å². The van der Waals surface area contributed by atoms with E-state index in [2.05, 4.69) is 11.9 Å². The second kappa shape index (κ2) is 9.91. The molecule has 156 valence electrons. The number of ether oxygens (including phenoxy) is 3. The van der Waals surface area contributed by atoms with Gasteiger partial charge in [-0.25, -0.2) is 0 Å². The van der Waals surface area contributed by atoms with E-state index < -0.39 is 5.91 Å². The van der Waals surface area contributed by atoms with Gasteiger partial charge in [0.15, 0.2) is 17.1 Å². The third kappa shape index (κ3) is 4.62. The van der Waals surface area contributed by atoms with Gasteiger partial charge in [-0.15, -0.1) is 17.9 Å². The SMILES string of the molecule is C=CCn1c(=O)/c(=C\c2ccc3c(c2)OCO3)s/c1=C(\C#N)C(=O)NCCCOC. The molecule has 0 aliphatic carbocycles. The maximum Gasteiger partial charge on any atom is 0.269 e. The van der Waals surface area contributed by atoms with Crippen molar-refractivity contribution < 1.29 is 19.0 Å². The van der Waals surface area contributed by atoms with Crippen LogP contribution in [0.1, 0.15) is 12.0 Å². The summed E-state index contributed by atoms with van der Waals surface area (Å²) in [6, 6.07) is 7.29. The first-order chi connectivity index (χ1) is 14.6. The van der Waals surface area contributed by atoms with Gasteiger partial charge in [0.1, 0.15) is 10.7 Å². The third-order valence-corrected chi connectivity index (χ3v) is 5.41. The summed E-state index contributed by atoms with van der Waals surface area (Å²) in [6.07, 6.45) is 3.87. The van der Waals surface area contributed by atoms with Crippen LogP contribution in [0.2, 0.25) is 0 Å². The summed E-state index contributed by atoms with van der Waals surface area (Å²) in [6.45, 7) is 4.87. The molecular weight excluding hydrogens is 406 g/mol. The Morgan fingerprint density at radius 2 is 2.23 bits per heavy atom. The number of methoxy groups -OCH3 is 1. The minimum atomic E-state index is -0.526. The van der Waals surface area contributed by atoms with Gasteiger partial charge in [0.2, 0.25) is 6.79 Å². The standard InChI is InChI=1S/C21H21N3O5S/c1-3-8-24-20(26)18(11-14-5-6-16-17(10-14)29-13-28-16)30-21(24)15(12-22)19(25)23-7-4-9-27-2/h3,5-6,10-11H,1,4,7-9,13H2,2H3,(H,23,25)/b18-11+,21-15+. The molecule has 3 rings (SSSR count). The highest BCUT2D eigenvalue weighted by Crippen LogP contribution is 2.32. The van der Waals surface area contributed by atoms with Crippen molar-refractivity contribution >= 4 is 28.9 Å². The Labute approximate surface area is 176 Å². The smallest absolute Gasteiger partial charge is 0.269 e. The molecule has 0 saturated carbocycles. The van der Waals surface area contributed by atoms with Crippen LogP contribution in [0, 0.1) is 11.3 Å². The zero-order valence-electron chi connectivity index (χ0n) is 16.5. The first kappa shape index (κ1) is 21.4. The molecule has 1 aromatic heterocycles. The number of hydrogen-bond donors (Lipinski definition) is 1. The number of fused-ring (bicyclic) bond motifs is 1. The average molecular weight is 427 g/mol. The van der Waals surface area contributed by atoms with Gasteiger partial charge in [-0.1, -0.05) is 12.1 Å². The van der Waals surface area contributed by atoms with Crippen molar-refractivity contribution in [1.82, 2.24) is 9.88 Å². The number of benzene rings is 1. The fourth-order valence-corrected chi connectivity index (χ4v) is 3.97. The minimum absolute atomic E-state index is 0.110. The Kier molecular flexibility index (Phi) is 7.06. The molecule has 1 N–H and O–H groups in total. The van der Waals surface area contributed by atoms with Crippen LogP contribution < -0.4 is 29.5 Å². The molecule has 0 atom stereocenters. The van der Waals surface area contributed by atoms with Crippen LogP contribution in [-0.2, 0) is 16.1 Å². The summed E-state index contributed by atoms with van der Waals surface area (Å²) in [4.78, 5) is 25.4. The summed E-state index contributed by atoms with van der Waals surface area (Å²) >= 11 is 1.09. The molecule has 2 aromatic rings. The lowest BCUT2D eigenvalue weighted by molar-refractivity contribution is -0.115. The van der Waals surface area contributed by atoms with Crippen molar-refractivity contribution in [2.45, 2.75) is 13.0 Å². The fourth-order valence-electron chi connectivity index (χ4n) is 2.86. The molecule has 0 saturated heterocycles. The molecular formula is C21H21N3O5S. The van der Waals surface area contributed by atoms with Crippen molar-refractivity contribution in [2.75, 3.05) is 27.1 Å². The number of nitrogens with zero attached hydrogens (tertiary/aromatic N) is 2.